The fraction of sp³-hybridized carbons (Fsp3) is 0.0741. The zero-order valence-corrected chi connectivity index (χ0v) is 21.5. The van der Waals surface area contributed by atoms with E-state index < -0.39 is 29.5 Å². The van der Waals surface area contributed by atoms with Gasteiger partial charge in [0.25, 0.3) is 5.91 Å². The molecule has 1 aliphatic heterocycles. The number of ether oxygens (including phenoxy) is 1. The van der Waals surface area contributed by atoms with E-state index in [1.54, 1.807) is 30.3 Å². The predicted molar refractivity (Wildman–Crippen MR) is 143 cm³/mol. The summed E-state index contributed by atoms with van der Waals surface area (Å²) in [6.45, 7) is 0. The standard InChI is InChI=1S/C27H16ClN3O7S/c1-37-18-11-14(28)8-13-9-17(38-24(13)18)22(32)20-21(16-4-2-3-7-29-16)31(25(34)23(20)33)27-30-15-6-5-12(26(35)36)10-19(15)39-27/h2-11,21,33H,1H3,(H,35,36). The lowest BCUT2D eigenvalue weighted by atomic mass is 9.98. The van der Waals surface area contributed by atoms with Crippen LogP contribution >= 0.6 is 22.9 Å². The number of benzene rings is 2. The number of Topliss-reactive ketones (excluding diaryl/α,β-unsaturated/α-hetero) is 1. The monoisotopic (exact) mass is 561 g/mol. The number of aromatic nitrogens is 2. The molecule has 1 atom stereocenters. The average molecular weight is 562 g/mol. The van der Waals surface area contributed by atoms with Crippen LogP contribution in [0.1, 0.15) is 32.6 Å². The third-order valence-corrected chi connectivity index (χ3v) is 7.48. The van der Waals surface area contributed by atoms with E-state index >= 15 is 0 Å². The van der Waals surface area contributed by atoms with Crippen molar-refractivity contribution in [1.82, 2.24) is 9.97 Å². The number of anilines is 1. The first-order valence-electron chi connectivity index (χ1n) is 11.4. The maximum absolute atomic E-state index is 13.8. The molecule has 5 aromatic rings. The van der Waals surface area contributed by atoms with Crippen LogP contribution in [0.5, 0.6) is 5.75 Å². The van der Waals surface area contributed by atoms with Crippen LogP contribution in [0.25, 0.3) is 21.2 Å². The third kappa shape index (κ3) is 3.99. The van der Waals surface area contributed by atoms with Crippen molar-refractivity contribution in [3.05, 3.63) is 94.2 Å². The molecule has 10 nitrogen and oxygen atoms in total. The number of thiazole rings is 1. The lowest BCUT2D eigenvalue weighted by Crippen LogP contribution is -2.31. The van der Waals surface area contributed by atoms with Crippen LogP contribution in [0.2, 0.25) is 5.02 Å². The number of aromatic carboxylic acids is 1. The number of hydrogen-bond donors (Lipinski definition) is 2. The lowest BCUT2D eigenvalue weighted by Gasteiger charge is -2.23. The van der Waals surface area contributed by atoms with E-state index in [4.69, 9.17) is 20.8 Å². The molecular formula is C27H16ClN3O7S. The molecule has 1 amide bonds. The minimum atomic E-state index is -1.13. The molecular weight excluding hydrogens is 546 g/mol. The number of methoxy groups -OCH3 is 1. The van der Waals surface area contributed by atoms with Gasteiger partial charge in [-0.3, -0.25) is 19.5 Å². The van der Waals surface area contributed by atoms with Crippen LogP contribution in [0.3, 0.4) is 0 Å². The van der Waals surface area contributed by atoms with Crippen molar-refractivity contribution in [2.24, 2.45) is 0 Å². The second-order valence-corrected chi connectivity index (χ2v) is 9.99. The summed E-state index contributed by atoms with van der Waals surface area (Å²) >= 11 is 7.21. The van der Waals surface area contributed by atoms with Gasteiger partial charge >= 0.3 is 5.97 Å². The van der Waals surface area contributed by atoms with E-state index in [9.17, 15) is 24.6 Å². The predicted octanol–water partition coefficient (Wildman–Crippen LogP) is 5.58. The second kappa shape index (κ2) is 9.22. The number of halogens is 1. The number of carbonyl (C=O) groups excluding carboxylic acids is 2. The molecule has 4 heterocycles. The van der Waals surface area contributed by atoms with Gasteiger partial charge in [0.15, 0.2) is 28.0 Å². The number of carboxylic acid groups (broad SMARTS) is 1. The molecule has 2 N–H and O–H groups in total. The van der Waals surface area contributed by atoms with Gasteiger partial charge in [-0.05, 0) is 42.5 Å². The Morgan fingerprint density at radius 1 is 1.15 bits per heavy atom. The maximum atomic E-state index is 13.8. The summed E-state index contributed by atoms with van der Waals surface area (Å²) in [4.78, 5) is 48.7. The average Bonchev–Trinajstić information content (AvgIpc) is 3.62. The molecule has 0 bridgehead atoms. The van der Waals surface area contributed by atoms with Crippen molar-refractivity contribution in [2.75, 3.05) is 12.0 Å². The van der Waals surface area contributed by atoms with E-state index in [0.717, 1.165) is 11.3 Å². The lowest BCUT2D eigenvalue weighted by molar-refractivity contribution is -0.117. The Hall–Kier alpha value is -4.74. The van der Waals surface area contributed by atoms with Crippen molar-refractivity contribution in [3.63, 3.8) is 0 Å². The van der Waals surface area contributed by atoms with E-state index in [2.05, 4.69) is 9.97 Å². The number of carbonyl (C=O) groups is 3. The van der Waals surface area contributed by atoms with Crippen LogP contribution in [-0.4, -0.2) is 45.0 Å². The minimum absolute atomic E-state index is 0.0592. The number of fused-ring (bicyclic) bond motifs is 2. The quantitative estimate of drug-likeness (QED) is 0.254. The Morgan fingerprint density at radius 2 is 1.97 bits per heavy atom. The van der Waals surface area contributed by atoms with Gasteiger partial charge in [-0.25, -0.2) is 9.78 Å². The highest BCUT2D eigenvalue weighted by atomic mass is 35.5. The molecule has 0 radical (unpaired) electrons. The number of amides is 1. The first-order valence-corrected chi connectivity index (χ1v) is 12.6. The summed E-state index contributed by atoms with van der Waals surface area (Å²) < 4.78 is 11.6. The Balaban J connectivity index is 1.49. The van der Waals surface area contributed by atoms with Crippen molar-refractivity contribution < 1.29 is 33.8 Å². The van der Waals surface area contributed by atoms with E-state index in [-0.39, 0.29) is 27.6 Å². The van der Waals surface area contributed by atoms with Gasteiger partial charge in [-0.2, -0.15) is 0 Å². The summed E-state index contributed by atoms with van der Waals surface area (Å²) in [5, 5.41) is 21.4. The molecule has 3 aromatic heterocycles. The van der Waals surface area contributed by atoms with Gasteiger partial charge in [0.2, 0.25) is 5.78 Å². The fourth-order valence-corrected chi connectivity index (χ4v) is 5.73. The Morgan fingerprint density at radius 3 is 2.69 bits per heavy atom. The molecule has 1 aliphatic rings. The van der Waals surface area contributed by atoms with Gasteiger partial charge in [0, 0.05) is 22.7 Å². The number of rotatable bonds is 6. The van der Waals surface area contributed by atoms with Crippen LogP contribution in [0, 0.1) is 0 Å². The number of furan rings is 1. The van der Waals surface area contributed by atoms with Gasteiger partial charge < -0.3 is 19.4 Å². The van der Waals surface area contributed by atoms with Gasteiger partial charge in [-0.1, -0.05) is 29.0 Å². The molecule has 6 rings (SSSR count). The molecule has 39 heavy (non-hydrogen) atoms. The summed E-state index contributed by atoms with van der Waals surface area (Å²) in [6.07, 6.45) is 1.50. The molecule has 12 heteroatoms. The summed E-state index contributed by atoms with van der Waals surface area (Å²) in [5.41, 5.74) is 0.854. The summed E-state index contributed by atoms with van der Waals surface area (Å²) in [5.74, 6) is -3.29. The van der Waals surface area contributed by atoms with Crippen molar-refractivity contribution >= 4 is 66.9 Å². The molecule has 0 saturated carbocycles. The molecule has 194 valence electrons. The zero-order chi connectivity index (χ0) is 27.4. The highest BCUT2D eigenvalue weighted by Crippen LogP contribution is 2.44. The molecule has 0 aliphatic carbocycles. The zero-order valence-electron chi connectivity index (χ0n) is 19.9. The Kier molecular flexibility index (Phi) is 5.82. The van der Waals surface area contributed by atoms with Crippen molar-refractivity contribution in [2.45, 2.75) is 6.04 Å². The topological polar surface area (TPSA) is 143 Å². The van der Waals surface area contributed by atoms with Crippen molar-refractivity contribution in [3.8, 4) is 5.75 Å². The number of aliphatic hydroxyl groups excluding tert-OH is 1. The molecule has 2 aromatic carbocycles. The van der Waals surface area contributed by atoms with Gasteiger partial charge in [0.05, 0.1) is 34.2 Å². The highest BCUT2D eigenvalue weighted by Gasteiger charge is 2.47. The Bertz CT molecular complexity index is 1860. The molecule has 0 saturated heterocycles. The molecule has 0 fully saturated rings. The molecule has 0 spiro atoms. The maximum Gasteiger partial charge on any atom is 0.335 e. The van der Waals surface area contributed by atoms with E-state index in [1.165, 1.54) is 42.5 Å². The SMILES string of the molecule is COc1cc(Cl)cc2cc(C(=O)C3=C(O)C(=O)N(c4nc5ccc(C(=O)O)cc5s4)C3c3ccccn3)oc12. The third-order valence-electron chi connectivity index (χ3n) is 6.24. The van der Waals surface area contributed by atoms with Gasteiger partial charge in [-0.15, -0.1) is 0 Å². The van der Waals surface area contributed by atoms with Gasteiger partial charge in [0.1, 0.15) is 6.04 Å². The minimum Gasteiger partial charge on any atom is -0.503 e. The van der Waals surface area contributed by atoms with Crippen LogP contribution in [-0.2, 0) is 4.79 Å². The fourth-order valence-electron chi connectivity index (χ4n) is 4.48. The summed E-state index contributed by atoms with van der Waals surface area (Å²) in [6, 6.07) is 12.8. The summed E-state index contributed by atoms with van der Waals surface area (Å²) in [7, 11) is 1.44. The largest absolute Gasteiger partial charge is 0.503 e. The van der Waals surface area contributed by atoms with E-state index in [1.807, 2.05) is 0 Å². The number of carboxylic acids is 1. The Labute approximate surface area is 228 Å². The smallest absolute Gasteiger partial charge is 0.335 e. The number of hydrogen-bond acceptors (Lipinski definition) is 9. The highest BCUT2D eigenvalue weighted by molar-refractivity contribution is 7.22. The number of aliphatic hydroxyl groups is 1. The van der Waals surface area contributed by atoms with Crippen LogP contribution < -0.4 is 9.64 Å². The van der Waals surface area contributed by atoms with Crippen LogP contribution in [0.15, 0.2) is 76.5 Å². The van der Waals surface area contributed by atoms with E-state index in [0.29, 0.717) is 32.1 Å². The second-order valence-electron chi connectivity index (χ2n) is 8.54. The van der Waals surface area contributed by atoms with Crippen LogP contribution in [0.4, 0.5) is 5.13 Å². The first kappa shape index (κ1) is 24.6. The normalized spacial score (nSPS) is 15.5. The number of ketones is 1. The first-order chi connectivity index (χ1) is 18.8. The number of pyridine rings is 1. The molecule has 1 unspecified atom stereocenters. The number of nitrogens with zero attached hydrogens (tertiary/aromatic N) is 3. The van der Waals surface area contributed by atoms with Crippen molar-refractivity contribution in [1.29, 1.82) is 0 Å².